The van der Waals surface area contributed by atoms with E-state index in [1.54, 1.807) is 12.1 Å². The van der Waals surface area contributed by atoms with Crippen LogP contribution in [0.1, 0.15) is 42.7 Å². The Labute approximate surface area is 210 Å². The van der Waals surface area contributed by atoms with Crippen molar-refractivity contribution in [3.63, 3.8) is 0 Å². The molecule has 2 aliphatic rings. The zero-order valence-corrected chi connectivity index (χ0v) is 21.2. The molecule has 0 saturated carbocycles. The van der Waals surface area contributed by atoms with Gasteiger partial charge in [0, 0.05) is 16.5 Å². The molecule has 35 heavy (non-hydrogen) atoms. The topological polar surface area (TPSA) is 97.3 Å². The minimum absolute atomic E-state index is 0.0321. The molecule has 5 rings (SSSR count). The van der Waals surface area contributed by atoms with Crippen LogP contribution in [-0.4, -0.2) is 27.5 Å². The highest BCUT2D eigenvalue weighted by molar-refractivity contribution is 8.00. The highest BCUT2D eigenvalue weighted by atomic mass is 32.2. The fraction of sp³-hybridized carbons (Fsp3) is 0.308. The molecule has 1 saturated heterocycles. The van der Waals surface area contributed by atoms with Gasteiger partial charge in [-0.2, -0.15) is 0 Å². The number of amides is 3. The van der Waals surface area contributed by atoms with Crippen molar-refractivity contribution in [1.29, 1.82) is 0 Å². The van der Waals surface area contributed by atoms with Gasteiger partial charge < -0.3 is 5.32 Å². The molecule has 0 spiro atoms. The fourth-order valence-corrected chi connectivity index (χ4v) is 7.33. The van der Waals surface area contributed by atoms with E-state index >= 15 is 0 Å². The Morgan fingerprint density at radius 2 is 1.69 bits per heavy atom. The number of para-hydroxylation sites is 1. The average Bonchev–Trinajstić information content (AvgIpc) is 3.27. The van der Waals surface area contributed by atoms with Crippen molar-refractivity contribution >= 4 is 46.5 Å². The molecule has 0 radical (unpaired) electrons. The summed E-state index contributed by atoms with van der Waals surface area (Å²) in [5.74, 6) is -2.05. The molecule has 9 heteroatoms. The van der Waals surface area contributed by atoms with Crippen LogP contribution in [0.25, 0.3) is 0 Å². The van der Waals surface area contributed by atoms with Gasteiger partial charge in [0.1, 0.15) is 11.8 Å². The first-order valence-electron chi connectivity index (χ1n) is 11.3. The van der Waals surface area contributed by atoms with Gasteiger partial charge in [0.15, 0.2) is 0 Å². The molecule has 3 atom stereocenters. The number of fused-ring (bicyclic) bond motifs is 2. The summed E-state index contributed by atoms with van der Waals surface area (Å²) < 4.78 is 1.42. The van der Waals surface area contributed by atoms with Crippen LogP contribution < -0.4 is 15.5 Å². The number of imide groups is 1. The Bertz CT molecular complexity index is 1370. The molecule has 0 bridgehead atoms. The Hall–Kier alpha value is -3.17. The first kappa shape index (κ1) is 23.6. The van der Waals surface area contributed by atoms with Crippen molar-refractivity contribution in [1.82, 2.24) is 9.88 Å². The summed E-state index contributed by atoms with van der Waals surface area (Å²) in [4.78, 5) is 51.7. The van der Waals surface area contributed by atoms with Crippen LogP contribution in [-0.2, 0) is 26.3 Å². The van der Waals surface area contributed by atoms with Crippen molar-refractivity contribution in [3.8, 4) is 0 Å². The van der Waals surface area contributed by atoms with Crippen molar-refractivity contribution < 1.29 is 14.4 Å². The first-order chi connectivity index (χ1) is 16.6. The average molecular weight is 508 g/mol. The van der Waals surface area contributed by atoms with E-state index in [1.165, 1.54) is 16.3 Å². The number of thiazole rings is 1. The SMILES string of the molecule is CC(C)(C)c1ccc([C@@H]2c3sc(=O)n(CC(=O)Nc4ccccc4)c3SC3C(=O)NC(=O)C32)cc1. The number of hydrogen-bond acceptors (Lipinski definition) is 6. The Morgan fingerprint density at radius 3 is 2.34 bits per heavy atom. The van der Waals surface area contributed by atoms with Crippen molar-refractivity contribution in [3.05, 3.63) is 80.3 Å². The van der Waals surface area contributed by atoms with Gasteiger partial charge in [-0.3, -0.25) is 29.1 Å². The minimum Gasteiger partial charge on any atom is -0.325 e. The quantitative estimate of drug-likeness (QED) is 0.525. The summed E-state index contributed by atoms with van der Waals surface area (Å²) in [5.41, 5.74) is 2.63. The number of benzene rings is 2. The van der Waals surface area contributed by atoms with Gasteiger partial charge in [-0.1, -0.05) is 86.3 Å². The molecule has 3 amide bonds. The fourth-order valence-electron chi connectivity index (χ4n) is 4.59. The lowest BCUT2D eigenvalue weighted by molar-refractivity contribution is -0.126. The van der Waals surface area contributed by atoms with E-state index < -0.39 is 17.1 Å². The van der Waals surface area contributed by atoms with E-state index in [2.05, 4.69) is 31.4 Å². The number of aromatic nitrogens is 1. The molecule has 1 aromatic heterocycles. The van der Waals surface area contributed by atoms with Crippen LogP contribution in [0.3, 0.4) is 0 Å². The van der Waals surface area contributed by atoms with E-state index in [4.69, 9.17) is 0 Å². The zero-order valence-electron chi connectivity index (χ0n) is 19.5. The lowest BCUT2D eigenvalue weighted by atomic mass is 9.81. The van der Waals surface area contributed by atoms with Gasteiger partial charge in [-0.05, 0) is 28.7 Å². The van der Waals surface area contributed by atoms with Gasteiger partial charge >= 0.3 is 4.87 Å². The third-order valence-electron chi connectivity index (χ3n) is 6.38. The summed E-state index contributed by atoms with van der Waals surface area (Å²) >= 11 is 2.25. The van der Waals surface area contributed by atoms with Gasteiger partial charge in [0.05, 0.1) is 10.9 Å². The number of carbonyl (C=O) groups is 3. The standard InChI is InChI=1S/C26H25N3O4S2/c1-26(2,3)15-11-9-14(10-12-15)18-19-20(23(32)28-22(19)31)34-24-21(18)35-25(33)29(24)13-17(30)27-16-7-5-4-6-8-16/h4-12,18-20H,13H2,1-3H3,(H,27,30)(H,28,31,32)/t18-,19?,20?/m0/s1. The van der Waals surface area contributed by atoms with Crippen LogP contribution >= 0.6 is 23.1 Å². The molecule has 2 unspecified atom stereocenters. The van der Waals surface area contributed by atoms with Crippen molar-refractivity contribution in [2.24, 2.45) is 5.92 Å². The van der Waals surface area contributed by atoms with Crippen LogP contribution in [0.5, 0.6) is 0 Å². The summed E-state index contributed by atoms with van der Waals surface area (Å²) in [5, 5.41) is 5.20. The summed E-state index contributed by atoms with van der Waals surface area (Å²) in [6.07, 6.45) is 0. The Morgan fingerprint density at radius 1 is 1.00 bits per heavy atom. The van der Waals surface area contributed by atoms with Crippen LogP contribution in [0.15, 0.2) is 64.4 Å². The molecule has 3 heterocycles. The number of nitrogens with zero attached hydrogens (tertiary/aromatic N) is 1. The smallest absolute Gasteiger partial charge is 0.308 e. The minimum atomic E-state index is -0.653. The Kier molecular flexibility index (Phi) is 5.93. The van der Waals surface area contributed by atoms with Gasteiger partial charge in [-0.25, -0.2) is 0 Å². The summed E-state index contributed by atoms with van der Waals surface area (Å²) in [6.45, 7) is 6.21. The van der Waals surface area contributed by atoms with Crippen LogP contribution in [0, 0.1) is 5.92 Å². The van der Waals surface area contributed by atoms with E-state index in [9.17, 15) is 19.2 Å². The number of hydrogen-bond donors (Lipinski definition) is 2. The predicted molar refractivity (Wildman–Crippen MR) is 137 cm³/mol. The molecule has 2 N–H and O–H groups in total. The van der Waals surface area contributed by atoms with Crippen molar-refractivity contribution in [2.45, 2.75) is 48.9 Å². The van der Waals surface area contributed by atoms with E-state index in [-0.39, 0.29) is 34.6 Å². The largest absolute Gasteiger partial charge is 0.325 e. The second kappa shape index (κ2) is 8.80. The maximum absolute atomic E-state index is 13.0. The monoisotopic (exact) mass is 507 g/mol. The highest BCUT2D eigenvalue weighted by Gasteiger charge is 2.52. The number of nitrogens with one attached hydrogen (secondary N) is 2. The highest BCUT2D eigenvalue weighted by Crippen LogP contribution is 2.51. The molecule has 3 aromatic rings. The molecule has 0 aliphatic carbocycles. The molecule has 7 nitrogen and oxygen atoms in total. The molecule has 2 aromatic carbocycles. The molecular weight excluding hydrogens is 482 g/mol. The predicted octanol–water partition coefficient (Wildman–Crippen LogP) is 3.72. The normalized spacial score (nSPS) is 21.3. The number of carbonyl (C=O) groups excluding carboxylic acids is 3. The second-order valence-corrected chi connectivity index (χ2v) is 11.9. The first-order valence-corrected chi connectivity index (χ1v) is 13.0. The lowest BCUT2D eigenvalue weighted by Crippen LogP contribution is -2.32. The maximum Gasteiger partial charge on any atom is 0.308 e. The van der Waals surface area contributed by atoms with E-state index in [1.807, 2.05) is 42.5 Å². The number of rotatable bonds is 4. The molecule has 2 aliphatic heterocycles. The van der Waals surface area contributed by atoms with Crippen molar-refractivity contribution in [2.75, 3.05) is 5.32 Å². The number of thioether (sulfide) groups is 1. The lowest BCUT2D eigenvalue weighted by Gasteiger charge is -2.31. The molecule has 1 fully saturated rings. The maximum atomic E-state index is 13.0. The van der Waals surface area contributed by atoms with Crippen LogP contribution in [0.2, 0.25) is 0 Å². The molecule has 180 valence electrons. The Balaban J connectivity index is 1.54. The summed E-state index contributed by atoms with van der Waals surface area (Å²) in [6, 6.07) is 17.1. The van der Waals surface area contributed by atoms with E-state index in [0.717, 1.165) is 27.3 Å². The zero-order chi connectivity index (χ0) is 24.9. The van der Waals surface area contributed by atoms with Gasteiger partial charge in [0.2, 0.25) is 17.7 Å². The van der Waals surface area contributed by atoms with Gasteiger partial charge in [0.25, 0.3) is 0 Å². The number of anilines is 1. The molecular formula is C26H25N3O4S2. The second-order valence-electron chi connectivity index (χ2n) is 9.81. The van der Waals surface area contributed by atoms with Gasteiger partial charge in [-0.15, -0.1) is 0 Å². The summed E-state index contributed by atoms with van der Waals surface area (Å²) in [7, 11) is 0. The third kappa shape index (κ3) is 4.34. The van der Waals surface area contributed by atoms with E-state index in [0.29, 0.717) is 10.7 Å². The van der Waals surface area contributed by atoms with Crippen LogP contribution in [0.4, 0.5) is 5.69 Å². The third-order valence-corrected chi connectivity index (χ3v) is 9.00.